The van der Waals surface area contributed by atoms with E-state index < -0.39 is 0 Å². The van der Waals surface area contributed by atoms with Crippen LogP contribution in [0.4, 0.5) is 0 Å². The molecule has 0 aromatic heterocycles. The number of likely N-dealkylation sites (tertiary alicyclic amines) is 1. The molecule has 0 radical (unpaired) electrons. The van der Waals surface area contributed by atoms with E-state index in [-0.39, 0.29) is 17.7 Å². The van der Waals surface area contributed by atoms with Gasteiger partial charge in [-0.1, -0.05) is 6.92 Å². The topological polar surface area (TPSA) is 63.4 Å². The van der Waals surface area contributed by atoms with Crippen molar-refractivity contribution in [3.63, 3.8) is 0 Å². The van der Waals surface area contributed by atoms with Gasteiger partial charge in [0.15, 0.2) is 0 Å². The van der Waals surface area contributed by atoms with E-state index in [1.165, 1.54) is 0 Å². The van der Waals surface area contributed by atoms with Crippen LogP contribution in [0.3, 0.4) is 0 Å². The fourth-order valence-electron chi connectivity index (χ4n) is 1.45. The fourth-order valence-corrected chi connectivity index (χ4v) is 1.45. The highest BCUT2D eigenvalue weighted by molar-refractivity contribution is 5.88. The quantitative estimate of drug-likeness (QED) is 0.633. The average molecular weight is 170 g/mol. The maximum Gasteiger partial charge on any atom is 0.223 e. The molecule has 1 fully saturated rings. The molecule has 0 aromatic rings. The smallest absolute Gasteiger partial charge is 0.223 e. The zero-order valence-corrected chi connectivity index (χ0v) is 7.25. The third kappa shape index (κ3) is 1.75. The van der Waals surface area contributed by atoms with Crippen LogP contribution in [0.1, 0.15) is 19.8 Å². The fraction of sp³-hybridized carbons (Fsp3) is 0.750. The van der Waals surface area contributed by atoms with Crippen LogP contribution in [0.25, 0.3) is 0 Å². The number of rotatable bonds is 3. The van der Waals surface area contributed by atoms with E-state index in [9.17, 15) is 9.59 Å². The number of amides is 2. The molecule has 1 aliphatic rings. The minimum absolute atomic E-state index is 0.0562. The summed E-state index contributed by atoms with van der Waals surface area (Å²) in [5, 5.41) is 0. The number of nitrogens with two attached hydrogens (primary N) is 1. The van der Waals surface area contributed by atoms with Crippen LogP contribution in [-0.4, -0.2) is 29.8 Å². The number of primary amides is 1. The molecule has 0 spiro atoms. The normalized spacial score (nSPS) is 23.2. The van der Waals surface area contributed by atoms with Crippen LogP contribution >= 0.6 is 0 Å². The van der Waals surface area contributed by atoms with Crippen LogP contribution in [-0.2, 0) is 9.59 Å². The Hall–Kier alpha value is -1.06. The molecule has 0 aliphatic carbocycles. The van der Waals surface area contributed by atoms with Gasteiger partial charge >= 0.3 is 0 Å². The standard InChI is InChI=1S/C8H14N2O2/c1-2-3-10-5-6(8(9)12)4-7(10)11/h6H,2-5H2,1H3,(H2,9,12)/t6-/m0/s1. The predicted molar refractivity (Wildman–Crippen MR) is 44.2 cm³/mol. The Morgan fingerprint density at radius 1 is 1.75 bits per heavy atom. The molecule has 1 aliphatic heterocycles. The zero-order valence-electron chi connectivity index (χ0n) is 7.25. The lowest BCUT2D eigenvalue weighted by atomic mass is 10.1. The highest BCUT2D eigenvalue weighted by Gasteiger charge is 2.32. The molecule has 1 atom stereocenters. The molecule has 0 saturated carbocycles. The monoisotopic (exact) mass is 170 g/mol. The maximum absolute atomic E-state index is 11.2. The van der Waals surface area contributed by atoms with Crippen LogP contribution in [0.5, 0.6) is 0 Å². The van der Waals surface area contributed by atoms with Gasteiger partial charge in [-0.2, -0.15) is 0 Å². The minimum atomic E-state index is -0.359. The van der Waals surface area contributed by atoms with Gasteiger partial charge in [0, 0.05) is 19.5 Å². The highest BCUT2D eigenvalue weighted by Crippen LogP contribution is 2.16. The van der Waals surface area contributed by atoms with Crippen molar-refractivity contribution in [2.45, 2.75) is 19.8 Å². The summed E-state index contributed by atoms with van der Waals surface area (Å²) < 4.78 is 0. The summed E-state index contributed by atoms with van der Waals surface area (Å²) in [6.07, 6.45) is 1.23. The molecular weight excluding hydrogens is 156 g/mol. The molecule has 68 valence electrons. The van der Waals surface area contributed by atoms with Gasteiger partial charge in [-0.15, -0.1) is 0 Å². The first-order valence-corrected chi connectivity index (χ1v) is 4.22. The Bertz CT molecular complexity index is 203. The van der Waals surface area contributed by atoms with E-state index >= 15 is 0 Å². The summed E-state index contributed by atoms with van der Waals surface area (Å²) in [7, 11) is 0. The summed E-state index contributed by atoms with van der Waals surface area (Å²) in [5.74, 6) is -0.563. The van der Waals surface area contributed by atoms with Gasteiger partial charge in [0.2, 0.25) is 11.8 Å². The van der Waals surface area contributed by atoms with Crippen molar-refractivity contribution in [2.24, 2.45) is 11.7 Å². The van der Waals surface area contributed by atoms with E-state index in [2.05, 4.69) is 0 Å². The van der Waals surface area contributed by atoms with Gasteiger partial charge in [0.1, 0.15) is 0 Å². The lowest BCUT2D eigenvalue weighted by molar-refractivity contribution is -0.128. The van der Waals surface area contributed by atoms with Crippen LogP contribution in [0.2, 0.25) is 0 Å². The summed E-state index contributed by atoms with van der Waals surface area (Å²) in [6.45, 7) is 3.26. The van der Waals surface area contributed by atoms with Crippen LogP contribution < -0.4 is 5.73 Å². The summed E-state index contributed by atoms with van der Waals surface area (Å²) in [4.78, 5) is 23.6. The van der Waals surface area contributed by atoms with Crippen molar-refractivity contribution >= 4 is 11.8 Å². The number of hydrogen-bond acceptors (Lipinski definition) is 2. The maximum atomic E-state index is 11.2. The Morgan fingerprint density at radius 2 is 2.42 bits per heavy atom. The van der Waals surface area contributed by atoms with Crippen molar-refractivity contribution in [3.05, 3.63) is 0 Å². The van der Waals surface area contributed by atoms with Crippen molar-refractivity contribution in [2.75, 3.05) is 13.1 Å². The predicted octanol–water partition coefficient (Wildman–Crippen LogP) is -0.270. The first-order chi connectivity index (χ1) is 5.65. The molecule has 0 aromatic carbocycles. The third-order valence-corrected chi connectivity index (χ3v) is 2.11. The molecule has 12 heavy (non-hydrogen) atoms. The number of carbonyl (C=O) groups excluding carboxylic acids is 2. The average Bonchev–Trinajstić information content (AvgIpc) is 2.34. The largest absolute Gasteiger partial charge is 0.369 e. The number of nitrogens with zero attached hydrogens (tertiary/aromatic N) is 1. The van der Waals surface area contributed by atoms with Crippen LogP contribution in [0, 0.1) is 5.92 Å². The van der Waals surface area contributed by atoms with E-state index in [0.717, 1.165) is 13.0 Å². The molecule has 2 N–H and O–H groups in total. The minimum Gasteiger partial charge on any atom is -0.369 e. The first-order valence-electron chi connectivity index (χ1n) is 4.22. The Labute approximate surface area is 71.7 Å². The molecule has 1 saturated heterocycles. The highest BCUT2D eigenvalue weighted by atomic mass is 16.2. The summed E-state index contributed by atoms with van der Waals surface area (Å²) in [6, 6.07) is 0. The van der Waals surface area contributed by atoms with E-state index in [1.54, 1.807) is 4.90 Å². The molecule has 2 amide bonds. The Morgan fingerprint density at radius 3 is 2.83 bits per heavy atom. The van der Waals surface area contributed by atoms with Crippen molar-refractivity contribution in [1.29, 1.82) is 0 Å². The summed E-state index contributed by atoms with van der Waals surface area (Å²) >= 11 is 0. The molecule has 1 rings (SSSR count). The van der Waals surface area contributed by atoms with E-state index in [4.69, 9.17) is 5.73 Å². The van der Waals surface area contributed by atoms with E-state index in [1.807, 2.05) is 6.92 Å². The molecule has 0 bridgehead atoms. The van der Waals surface area contributed by atoms with Gasteiger partial charge < -0.3 is 10.6 Å². The van der Waals surface area contributed by atoms with Gasteiger partial charge in [-0.25, -0.2) is 0 Å². The van der Waals surface area contributed by atoms with Gasteiger partial charge in [-0.05, 0) is 6.42 Å². The molecule has 4 heteroatoms. The first kappa shape index (κ1) is 9.03. The lowest BCUT2D eigenvalue weighted by Gasteiger charge is -2.13. The van der Waals surface area contributed by atoms with Crippen molar-refractivity contribution < 1.29 is 9.59 Å². The van der Waals surface area contributed by atoms with Crippen LogP contribution in [0.15, 0.2) is 0 Å². The van der Waals surface area contributed by atoms with Gasteiger partial charge in [-0.3, -0.25) is 9.59 Å². The summed E-state index contributed by atoms with van der Waals surface area (Å²) in [5.41, 5.74) is 5.10. The second-order valence-corrected chi connectivity index (χ2v) is 3.14. The SMILES string of the molecule is CCCN1C[C@@H](C(N)=O)CC1=O. The van der Waals surface area contributed by atoms with Gasteiger partial charge in [0.05, 0.1) is 5.92 Å². The molecular formula is C8H14N2O2. The Balaban J connectivity index is 2.50. The number of hydrogen-bond donors (Lipinski definition) is 1. The molecule has 4 nitrogen and oxygen atoms in total. The van der Waals surface area contributed by atoms with Gasteiger partial charge in [0.25, 0.3) is 0 Å². The van der Waals surface area contributed by atoms with Crippen molar-refractivity contribution in [1.82, 2.24) is 4.90 Å². The molecule has 1 heterocycles. The second kappa shape index (κ2) is 3.56. The second-order valence-electron chi connectivity index (χ2n) is 3.14. The van der Waals surface area contributed by atoms with E-state index in [0.29, 0.717) is 13.0 Å². The number of carbonyl (C=O) groups is 2. The lowest BCUT2D eigenvalue weighted by Crippen LogP contribution is -2.29. The zero-order chi connectivity index (χ0) is 9.14. The van der Waals surface area contributed by atoms with Crippen molar-refractivity contribution in [3.8, 4) is 0 Å². The Kier molecular flexibility index (Phi) is 2.68. The third-order valence-electron chi connectivity index (χ3n) is 2.11. The molecule has 0 unspecified atom stereocenters.